The van der Waals surface area contributed by atoms with E-state index in [1.165, 1.54) is 6.07 Å². The first-order valence-electron chi connectivity index (χ1n) is 6.48. The minimum absolute atomic E-state index is 0.0952. The quantitative estimate of drug-likeness (QED) is 0.668. The Balaban J connectivity index is 2.22. The highest BCUT2D eigenvalue weighted by molar-refractivity contribution is 5.41. The second kappa shape index (κ2) is 6.32. The zero-order valence-corrected chi connectivity index (χ0v) is 11.5. The molecule has 2 aromatic carbocycles. The number of nitrogens with zero attached hydrogens (tertiary/aromatic N) is 1. The fourth-order valence-corrected chi connectivity index (χ4v) is 1.88. The predicted molar refractivity (Wildman–Crippen MR) is 76.8 cm³/mol. The van der Waals surface area contributed by atoms with Crippen molar-refractivity contribution in [1.29, 1.82) is 0 Å². The number of benzene rings is 2. The molecule has 5 nitrogen and oxygen atoms in total. The Labute approximate surface area is 121 Å². The number of rotatable bonds is 5. The summed E-state index contributed by atoms with van der Waals surface area (Å²) in [6, 6.07) is 10.5. The molecule has 0 amide bonds. The Morgan fingerprint density at radius 1 is 1.29 bits per heavy atom. The number of hydrogen-bond donors (Lipinski definition) is 1. The van der Waals surface area contributed by atoms with Gasteiger partial charge in [-0.1, -0.05) is 19.1 Å². The average Bonchev–Trinajstić information content (AvgIpc) is 2.46. The molecule has 2 N–H and O–H groups in total. The zero-order valence-electron chi connectivity index (χ0n) is 11.5. The molecule has 0 aliphatic carbocycles. The van der Waals surface area contributed by atoms with Crippen LogP contribution in [0.25, 0.3) is 0 Å². The van der Waals surface area contributed by atoms with E-state index in [1.54, 1.807) is 18.2 Å². The average molecular weight is 290 g/mol. The van der Waals surface area contributed by atoms with Crippen molar-refractivity contribution < 1.29 is 14.1 Å². The molecule has 0 aromatic heterocycles. The van der Waals surface area contributed by atoms with Crippen LogP contribution in [0.1, 0.15) is 24.9 Å². The van der Waals surface area contributed by atoms with Gasteiger partial charge in [-0.05, 0) is 30.2 Å². The van der Waals surface area contributed by atoms with Gasteiger partial charge in [0.2, 0.25) is 5.82 Å². The van der Waals surface area contributed by atoms with Gasteiger partial charge in [0.05, 0.1) is 4.92 Å². The van der Waals surface area contributed by atoms with Crippen LogP contribution < -0.4 is 10.5 Å². The van der Waals surface area contributed by atoms with Crippen molar-refractivity contribution in [2.75, 3.05) is 0 Å². The molecular formula is C15H15FN2O3. The molecule has 0 fully saturated rings. The van der Waals surface area contributed by atoms with Crippen molar-refractivity contribution in [3.63, 3.8) is 0 Å². The van der Waals surface area contributed by atoms with Gasteiger partial charge in [-0.3, -0.25) is 10.1 Å². The lowest BCUT2D eigenvalue weighted by atomic mass is 10.1. The Morgan fingerprint density at radius 2 is 2.00 bits per heavy atom. The Bertz CT molecular complexity index is 661. The molecular weight excluding hydrogens is 275 g/mol. The molecule has 0 bridgehead atoms. The lowest BCUT2D eigenvalue weighted by Crippen LogP contribution is -2.08. The van der Waals surface area contributed by atoms with Gasteiger partial charge >= 0.3 is 5.69 Å². The third-order valence-corrected chi connectivity index (χ3v) is 3.08. The molecule has 0 radical (unpaired) electrons. The van der Waals surface area contributed by atoms with Crippen molar-refractivity contribution in [3.8, 4) is 11.5 Å². The topological polar surface area (TPSA) is 78.4 Å². The van der Waals surface area contributed by atoms with Crippen molar-refractivity contribution >= 4 is 5.69 Å². The SMILES string of the molecule is CCC(N)c1cccc(Oc2ccc([N+](=O)[O-])c(F)c2)c1. The summed E-state index contributed by atoms with van der Waals surface area (Å²) in [6.45, 7) is 1.98. The Morgan fingerprint density at radius 3 is 2.62 bits per heavy atom. The molecule has 21 heavy (non-hydrogen) atoms. The van der Waals surface area contributed by atoms with Crippen molar-refractivity contribution in [2.24, 2.45) is 5.73 Å². The van der Waals surface area contributed by atoms with E-state index in [2.05, 4.69) is 0 Å². The number of nitrogens with two attached hydrogens (primary N) is 1. The summed E-state index contributed by atoms with van der Waals surface area (Å²) in [5.41, 5.74) is 6.28. The first-order valence-corrected chi connectivity index (χ1v) is 6.48. The second-order valence-corrected chi connectivity index (χ2v) is 4.56. The van der Waals surface area contributed by atoms with E-state index in [4.69, 9.17) is 10.5 Å². The van der Waals surface area contributed by atoms with Gasteiger partial charge in [0.15, 0.2) is 0 Å². The smallest absolute Gasteiger partial charge is 0.305 e. The summed E-state index contributed by atoms with van der Waals surface area (Å²) in [5, 5.41) is 10.6. The summed E-state index contributed by atoms with van der Waals surface area (Å²) >= 11 is 0. The van der Waals surface area contributed by atoms with Gasteiger partial charge in [0, 0.05) is 18.2 Å². The molecule has 1 unspecified atom stereocenters. The van der Waals surface area contributed by atoms with E-state index in [-0.39, 0.29) is 11.8 Å². The number of ether oxygens (including phenoxy) is 1. The van der Waals surface area contributed by atoms with Crippen LogP contribution in [0.5, 0.6) is 11.5 Å². The highest BCUT2D eigenvalue weighted by Crippen LogP contribution is 2.28. The first-order chi connectivity index (χ1) is 10.0. The van der Waals surface area contributed by atoms with Crippen molar-refractivity contribution in [1.82, 2.24) is 0 Å². The molecule has 0 aliphatic rings. The summed E-state index contributed by atoms with van der Waals surface area (Å²) in [5.74, 6) is -0.233. The molecule has 0 heterocycles. The minimum atomic E-state index is -0.932. The lowest BCUT2D eigenvalue weighted by Gasteiger charge is -2.11. The number of nitro benzene ring substituents is 1. The molecule has 0 saturated carbocycles. The lowest BCUT2D eigenvalue weighted by molar-refractivity contribution is -0.387. The highest BCUT2D eigenvalue weighted by atomic mass is 19.1. The fraction of sp³-hybridized carbons (Fsp3) is 0.200. The monoisotopic (exact) mass is 290 g/mol. The predicted octanol–water partition coefficient (Wildman–Crippen LogP) is 3.94. The number of nitro groups is 1. The third-order valence-electron chi connectivity index (χ3n) is 3.08. The maximum atomic E-state index is 13.5. The van der Waals surface area contributed by atoms with Gasteiger partial charge < -0.3 is 10.5 Å². The van der Waals surface area contributed by atoms with E-state index in [1.807, 2.05) is 13.0 Å². The molecule has 2 aromatic rings. The van der Waals surface area contributed by atoms with Crippen molar-refractivity contribution in [2.45, 2.75) is 19.4 Å². The van der Waals surface area contributed by atoms with Crippen LogP contribution in [0.2, 0.25) is 0 Å². The number of hydrogen-bond acceptors (Lipinski definition) is 4. The van der Waals surface area contributed by atoms with Crippen LogP contribution in [0.4, 0.5) is 10.1 Å². The summed E-state index contributed by atoms with van der Waals surface area (Å²) in [4.78, 5) is 9.78. The number of halogens is 1. The summed E-state index contributed by atoms with van der Waals surface area (Å²) in [6.07, 6.45) is 0.787. The van der Waals surface area contributed by atoms with Crippen molar-refractivity contribution in [3.05, 3.63) is 64.0 Å². The Kier molecular flexibility index (Phi) is 4.49. The van der Waals surface area contributed by atoms with E-state index in [0.717, 1.165) is 24.1 Å². The second-order valence-electron chi connectivity index (χ2n) is 4.56. The molecule has 0 spiro atoms. The normalized spacial score (nSPS) is 12.0. The van der Waals surface area contributed by atoms with Crippen LogP contribution in [0.3, 0.4) is 0 Å². The minimum Gasteiger partial charge on any atom is -0.457 e. The van der Waals surface area contributed by atoms with Gasteiger partial charge in [-0.15, -0.1) is 0 Å². The molecule has 1 atom stereocenters. The molecule has 0 saturated heterocycles. The van der Waals surface area contributed by atoms with Crippen LogP contribution in [-0.2, 0) is 0 Å². The maximum Gasteiger partial charge on any atom is 0.305 e. The molecule has 6 heteroatoms. The van der Waals surface area contributed by atoms with E-state index >= 15 is 0 Å². The van der Waals surface area contributed by atoms with Crippen LogP contribution in [0, 0.1) is 15.9 Å². The highest BCUT2D eigenvalue weighted by Gasteiger charge is 2.14. The Hall–Kier alpha value is -2.47. The summed E-state index contributed by atoms with van der Waals surface area (Å²) < 4.78 is 19.0. The van der Waals surface area contributed by atoms with Crippen LogP contribution >= 0.6 is 0 Å². The van der Waals surface area contributed by atoms with E-state index < -0.39 is 16.4 Å². The molecule has 2 rings (SSSR count). The largest absolute Gasteiger partial charge is 0.457 e. The van der Waals surface area contributed by atoms with Gasteiger partial charge in [0.25, 0.3) is 0 Å². The van der Waals surface area contributed by atoms with Gasteiger partial charge in [-0.2, -0.15) is 4.39 Å². The van der Waals surface area contributed by atoms with Gasteiger partial charge in [0.1, 0.15) is 11.5 Å². The maximum absolute atomic E-state index is 13.5. The fourth-order valence-electron chi connectivity index (χ4n) is 1.88. The standard InChI is InChI=1S/C15H15FN2O3/c1-2-14(17)10-4-3-5-11(8-10)21-12-6-7-15(18(19)20)13(16)9-12/h3-9,14H,2,17H2,1H3. The zero-order chi connectivity index (χ0) is 15.4. The van der Waals surface area contributed by atoms with Crippen LogP contribution in [-0.4, -0.2) is 4.92 Å². The first kappa shape index (κ1) is 14.9. The van der Waals surface area contributed by atoms with Gasteiger partial charge in [-0.25, -0.2) is 0 Å². The van der Waals surface area contributed by atoms with Crippen LogP contribution in [0.15, 0.2) is 42.5 Å². The summed E-state index contributed by atoms with van der Waals surface area (Å²) in [7, 11) is 0. The molecule has 110 valence electrons. The molecule has 0 aliphatic heterocycles. The van der Waals surface area contributed by atoms with E-state index in [0.29, 0.717) is 5.75 Å². The van der Waals surface area contributed by atoms with E-state index in [9.17, 15) is 14.5 Å². The third kappa shape index (κ3) is 3.55.